The first-order chi connectivity index (χ1) is 8.82. The van der Waals surface area contributed by atoms with Crippen molar-refractivity contribution in [2.24, 2.45) is 0 Å². The number of anilines is 2. The number of phenols is 2. The second-order valence-electron chi connectivity index (χ2n) is 3.96. The van der Waals surface area contributed by atoms with E-state index in [0.29, 0.717) is 0 Å². The summed E-state index contributed by atoms with van der Waals surface area (Å²) in [5.74, 6) is -0.896. The van der Waals surface area contributed by atoms with Crippen LogP contribution in [0.2, 0.25) is 0 Å². The zero-order valence-corrected chi connectivity index (χ0v) is 10.6. The number of benzene rings is 2. The van der Waals surface area contributed by atoms with Crippen LogP contribution in [0.5, 0.6) is 11.5 Å². The number of hydrogen-bond donors (Lipinski definition) is 4. The topological polar surface area (TPSA) is 127 Å². The Hall–Kier alpha value is -2.41. The monoisotopic (exact) mass is 280 g/mol. The van der Waals surface area contributed by atoms with Gasteiger partial charge in [0.15, 0.2) is 0 Å². The Morgan fingerprint density at radius 3 is 1.53 bits per heavy atom. The van der Waals surface area contributed by atoms with E-state index in [1.165, 1.54) is 24.3 Å². The summed E-state index contributed by atoms with van der Waals surface area (Å²) in [6, 6.07) is 7.32. The highest BCUT2D eigenvalue weighted by Crippen LogP contribution is 2.35. The molecule has 7 heteroatoms. The second kappa shape index (κ2) is 4.36. The van der Waals surface area contributed by atoms with Gasteiger partial charge in [0.25, 0.3) is 0 Å². The van der Waals surface area contributed by atoms with E-state index in [1.54, 1.807) is 0 Å². The van der Waals surface area contributed by atoms with Gasteiger partial charge in [-0.3, -0.25) is 0 Å². The maximum absolute atomic E-state index is 12.3. The highest BCUT2D eigenvalue weighted by molar-refractivity contribution is 7.91. The fourth-order valence-corrected chi connectivity index (χ4v) is 3.12. The molecule has 0 aliphatic heterocycles. The zero-order chi connectivity index (χ0) is 14.2. The van der Waals surface area contributed by atoms with E-state index in [-0.39, 0.29) is 21.2 Å². The molecular formula is C12H12N2O4S. The first kappa shape index (κ1) is 13.0. The number of nitrogen functional groups attached to an aromatic ring is 2. The van der Waals surface area contributed by atoms with Crippen LogP contribution in [0, 0.1) is 0 Å². The van der Waals surface area contributed by atoms with Crippen molar-refractivity contribution in [2.75, 3.05) is 11.5 Å². The van der Waals surface area contributed by atoms with E-state index in [1.807, 2.05) is 0 Å². The van der Waals surface area contributed by atoms with Crippen molar-refractivity contribution in [1.82, 2.24) is 0 Å². The predicted octanol–water partition coefficient (Wildman–Crippen LogP) is 1.09. The highest BCUT2D eigenvalue weighted by atomic mass is 32.2. The highest BCUT2D eigenvalue weighted by Gasteiger charge is 2.25. The summed E-state index contributed by atoms with van der Waals surface area (Å²) in [5, 5.41) is 19.3. The number of rotatable bonds is 2. The van der Waals surface area contributed by atoms with E-state index in [2.05, 4.69) is 0 Å². The van der Waals surface area contributed by atoms with Crippen LogP contribution in [0.25, 0.3) is 0 Å². The molecule has 19 heavy (non-hydrogen) atoms. The standard InChI is InChI=1S/C12H12N2O4S/c13-7-1-3-9(15)11(5-7)19(17,18)12-6-8(14)2-4-10(12)16/h1-6,15-16H,13-14H2. The molecule has 0 fully saturated rings. The van der Waals surface area contributed by atoms with Gasteiger partial charge in [0.1, 0.15) is 21.3 Å². The summed E-state index contributed by atoms with van der Waals surface area (Å²) in [6.45, 7) is 0. The van der Waals surface area contributed by atoms with Gasteiger partial charge in [-0.1, -0.05) is 0 Å². The van der Waals surface area contributed by atoms with Crippen molar-refractivity contribution in [3.8, 4) is 11.5 Å². The smallest absolute Gasteiger partial charge is 0.214 e. The van der Waals surface area contributed by atoms with Crippen molar-refractivity contribution in [3.05, 3.63) is 36.4 Å². The van der Waals surface area contributed by atoms with Crippen molar-refractivity contribution in [2.45, 2.75) is 9.79 Å². The van der Waals surface area contributed by atoms with Crippen LogP contribution in [-0.4, -0.2) is 18.6 Å². The van der Waals surface area contributed by atoms with Crippen molar-refractivity contribution in [3.63, 3.8) is 0 Å². The normalized spacial score (nSPS) is 11.4. The van der Waals surface area contributed by atoms with Gasteiger partial charge in [-0.2, -0.15) is 0 Å². The first-order valence-corrected chi connectivity index (χ1v) is 6.73. The number of sulfone groups is 1. The van der Waals surface area contributed by atoms with Crippen LogP contribution in [-0.2, 0) is 9.84 Å². The summed E-state index contributed by atoms with van der Waals surface area (Å²) in [4.78, 5) is -0.762. The summed E-state index contributed by atoms with van der Waals surface area (Å²) in [6.07, 6.45) is 0. The molecular weight excluding hydrogens is 268 g/mol. The molecule has 2 rings (SSSR count). The molecule has 0 radical (unpaired) electrons. The SMILES string of the molecule is Nc1ccc(O)c(S(=O)(=O)c2cc(N)ccc2O)c1. The molecule has 0 saturated heterocycles. The van der Waals surface area contributed by atoms with Crippen LogP contribution in [0.3, 0.4) is 0 Å². The van der Waals surface area contributed by atoms with Gasteiger partial charge in [-0.25, -0.2) is 8.42 Å². The third kappa shape index (κ3) is 2.27. The van der Waals surface area contributed by atoms with E-state index >= 15 is 0 Å². The lowest BCUT2D eigenvalue weighted by atomic mass is 10.3. The van der Waals surface area contributed by atoms with Crippen LogP contribution < -0.4 is 11.5 Å². The molecule has 0 heterocycles. The molecule has 6 nitrogen and oxygen atoms in total. The van der Waals surface area contributed by atoms with Crippen LogP contribution >= 0.6 is 0 Å². The Balaban J connectivity index is 2.72. The molecule has 0 atom stereocenters. The molecule has 0 aliphatic carbocycles. The van der Waals surface area contributed by atoms with Gasteiger partial charge >= 0.3 is 0 Å². The fourth-order valence-electron chi connectivity index (χ4n) is 1.61. The van der Waals surface area contributed by atoms with Gasteiger partial charge in [-0.05, 0) is 36.4 Å². The Morgan fingerprint density at radius 2 is 1.16 bits per heavy atom. The minimum atomic E-state index is -4.11. The Bertz CT molecular complexity index is 684. The number of phenolic OH excluding ortho intramolecular Hbond substituents is 2. The molecule has 0 spiro atoms. The Kier molecular flexibility index (Phi) is 2.99. The van der Waals surface area contributed by atoms with Crippen molar-refractivity contribution in [1.29, 1.82) is 0 Å². The third-order valence-corrected chi connectivity index (χ3v) is 4.36. The van der Waals surface area contributed by atoms with E-state index in [9.17, 15) is 18.6 Å². The second-order valence-corrected chi connectivity index (χ2v) is 5.84. The molecule has 0 amide bonds. The fraction of sp³-hybridized carbons (Fsp3) is 0. The van der Waals surface area contributed by atoms with Gasteiger partial charge in [-0.15, -0.1) is 0 Å². The number of hydrogen-bond acceptors (Lipinski definition) is 6. The molecule has 2 aromatic carbocycles. The summed E-state index contributed by atoms with van der Waals surface area (Å²) < 4.78 is 24.7. The minimum Gasteiger partial charge on any atom is -0.507 e. The van der Waals surface area contributed by atoms with Crippen molar-refractivity contribution < 1.29 is 18.6 Å². The van der Waals surface area contributed by atoms with E-state index < -0.39 is 21.3 Å². The lowest BCUT2D eigenvalue weighted by molar-refractivity contribution is 0.453. The summed E-state index contributed by atoms with van der Waals surface area (Å²) in [5.41, 5.74) is 11.4. The largest absolute Gasteiger partial charge is 0.507 e. The van der Waals surface area contributed by atoms with Gasteiger partial charge in [0, 0.05) is 11.4 Å². The maximum atomic E-state index is 12.3. The third-order valence-electron chi connectivity index (χ3n) is 2.55. The molecule has 0 aromatic heterocycles. The summed E-state index contributed by atoms with van der Waals surface area (Å²) >= 11 is 0. The molecule has 0 bridgehead atoms. The molecule has 100 valence electrons. The number of aromatic hydroxyl groups is 2. The van der Waals surface area contributed by atoms with Crippen LogP contribution in [0.15, 0.2) is 46.2 Å². The first-order valence-electron chi connectivity index (χ1n) is 5.24. The average molecular weight is 280 g/mol. The van der Waals surface area contributed by atoms with Gasteiger partial charge in [0.2, 0.25) is 9.84 Å². The Morgan fingerprint density at radius 1 is 0.789 bits per heavy atom. The lowest BCUT2D eigenvalue weighted by Crippen LogP contribution is -2.04. The van der Waals surface area contributed by atoms with E-state index in [4.69, 9.17) is 11.5 Å². The molecule has 0 unspecified atom stereocenters. The number of nitrogens with two attached hydrogens (primary N) is 2. The van der Waals surface area contributed by atoms with Gasteiger partial charge in [0.05, 0.1) is 0 Å². The van der Waals surface area contributed by atoms with Crippen LogP contribution in [0.4, 0.5) is 11.4 Å². The molecule has 2 aromatic rings. The predicted molar refractivity (Wildman–Crippen MR) is 70.5 cm³/mol. The average Bonchev–Trinajstić information content (AvgIpc) is 2.35. The molecule has 0 saturated carbocycles. The Labute approximate surface area is 109 Å². The quantitative estimate of drug-likeness (QED) is 0.482. The zero-order valence-electron chi connectivity index (χ0n) is 9.74. The van der Waals surface area contributed by atoms with Gasteiger partial charge < -0.3 is 21.7 Å². The summed E-state index contributed by atoms with van der Waals surface area (Å²) in [7, 11) is -4.11. The minimum absolute atomic E-state index is 0.180. The molecule has 6 N–H and O–H groups in total. The van der Waals surface area contributed by atoms with Crippen LogP contribution in [0.1, 0.15) is 0 Å². The lowest BCUT2D eigenvalue weighted by Gasteiger charge is -2.09. The van der Waals surface area contributed by atoms with Crippen molar-refractivity contribution >= 4 is 21.2 Å². The molecule has 0 aliphatic rings. The van der Waals surface area contributed by atoms with E-state index in [0.717, 1.165) is 12.1 Å². The maximum Gasteiger partial charge on any atom is 0.214 e.